The molecular formula is C16H26N2O. The molecule has 2 atom stereocenters. The second-order valence-electron chi connectivity index (χ2n) is 6.38. The average Bonchev–Trinajstić information content (AvgIpc) is 2.28. The lowest BCUT2D eigenvalue weighted by atomic mass is 9.85. The molecule has 3 heteroatoms. The molecule has 0 heterocycles. The highest BCUT2D eigenvalue weighted by molar-refractivity contribution is 5.77. The second kappa shape index (κ2) is 6.20. The molecule has 1 amide bonds. The van der Waals surface area contributed by atoms with Crippen molar-refractivity contribution in [3.05, 3.63) is 35.4 Å². The van der Waals surface area contributed by atoms with E-state index in [-0.39, 0.29) is 23.4 Å². The van der Waals surface area contributed by atoms with Gasteiger partial charge in [-0.15, -0.1) is 0 Å². The van der Waals surface area contributed by atoms with E-state index in [9.17, 15) is 4.79 Å². The van der Waals surface area contributed by atoms with Gasteiger partial charge in [-0.3, -0.25) is 4.79 Å². The van der Waals surface area contributed by atoms with Crippen LogP contribution in [0.25, 0.3) is 0 Å². The molecule has 0 aromatic heterocycles. The van der Waals surface area contributed by atoms with Gasteiger partial charge in [0.2, 0.25) is 5.91 Å². The van der Waals surface area contributed by atoms with Crippen LogP contribution in [0.15, 0.2) is 24.3 Å². The number of nitrogens with two attached hydrogens (primary N) is 1. The van der Waals surface area contributed by atoms with Crippen molar-refractivity contribution in [3.8, 4) is 0 Å². The Morgan fingerprint density at radius 2 is 1.79 bits per heavy atom. The molecule has 1 unspecified atom stereocenters. The van der Waals surface area contributed by atoms with Gasteiger partial charge < -0.3 is 11.1 Å². The molecule has 1 aromatic carbocycles. The molecule has 0 aliphatic rings. The Hall–Kier alpha value is -1.35. The number of amides is 1. The molecule has 0 saturated heterocycles. The van der Waals surface area contributed by atoms with Crippen LogP contribution in [0.1, 0.15) is 51.3 Å². The first-order valence-electron chi connectivity index (χ1n) is 6.81. The molecule has 1 aromatic rings. The van der Waals surface area contributed by atoms with Gasteiger partial charge in [0.05, 0.1) is 6.04 Å². The number of carbonyl (C=O) groups is 1. The van der Waals surface area contributed by atoms with Crippen molar-refractivity contribution in [1.82, 2.24) is 5.32 Å². The summed E-state index contributed by atoms with van der Waals surface area (Å²) in [7, 11) is 0. The lowest BCUT2D eigenvalue weighted by molar-refractivity contribution is -0.122. The fourth-order valence-electron chi connectivity index (χ4n) is 1.74. The van der Waals surface area contributed by atoms with Crippen molar-refractivity contribution >= 4 is 5.91 Å². The Morgan fingerprint density at radius 1 is 1.26 bits per heavy atom. The summed E-state index contributed by atoms with van der Waals surface area (Å²) in [6.45, 7) is 10.2. The highest BCUT2D eigenvalue weighted by Gasteiger charge is 2.23. The first kappa shape index (κ1) is 15.7. The largest absolute Gasteiger partial charge is 0.350 e. The van der Waals surface area contributed by atoms with E-state index in [1.807, 2.05) is 39.8 Å². The third kappa shape index (κ3) is 5.03. The monoisotopic (exact) mass is 262 g/mol. The van der Waals surface area contributed by atoms with Crippen molar-refractivity contribution < 1.29 is 4.79 Å². The van der Waals surface area contributed by atoms with Crippen LogP contribution in [0.5, 0.6) is 0 Å². The maximum atomic E-state index is 12.0. The van der Waals surface area contributed by atoms with E-state index < -0.39 is 0 Å². The Morgan fingerprint density at radius 3 is 2.26 bits per heavy atom. The van der Waals surface area contributed by atoms with Crippen molar-refractivity contribution in [2.24, 2.45) is 11.1 Å². The number of carbonyl (C=O) groups excluding carboxylic acids is 1. The number of nitrogens with one attached hydrogen (secondary N) is 1. The molecule has 0 bridgehead atoms. The lowest BCUT2D eigenvalue weighted by Gasteiger charge is -2.27. The zero-order valence-electron chi connectivity index (χ0n) is 12.7. The average molecular weight is 262 g/mol. The maximum Gasteiger partial charge on any atom is 0.222 e. The van der Waals surface area contributed by atoms with Gasteiger partial charge in [-0.05, 0) is 24.8 Å². The Labute approximate surface area is 116 Å². The molecule has 0 aliphatic heterocycles. The Balaban J connectivity index is 2.55. The minimum atomic E-state index is -0.127. The van der Waals surface area contributed by atoms with Gasteiger partial charge in [-0.1, -0.05) is 50.6 Å². The van der Waals surface area contributed by atoms with E-state index in [0.29, 0.717) is 6.42 Å². The Kier molecular flexibility index (Phi) is 5.12. The van der Waals surface area contributed by atoms with Crippen molar-refractivity contribution in [1.29, 1.82) is 0 Å². The van der Waals surface area contributed by atoms with Gasteiger partial charge in [0.1, 0.15) is 0 Å². The molecule has 0 aliphatic carbocycles. The van der Waals surface area contributed by atoms with Gasteiger partial charge in [-0.2, -0.15) is 0 Å². The smallest absolute Gasteiger partial charge is 0.222 e. The zero-order chi connectivity index (χ0) is 14.6. The van der Waals surface area contributed by atoms with Crippen LogP contribution in [0.3, 0.4) is 0 Å². The van der Waals surface area contributed by atoms with E-state index in [0.717, 1.165) is 5.56 Å². The SMILES string of the molecule is Cc1ccc([C@H](C)NC(=O)CC(N)C(C)(C)C)cc1. The number of rotatable bonds is 4. The van der Waals surface area contributed by atoms with Crippen molar-refractivity contribution in [2.75, 3.05) is 0 Å². The summed E-state index contributed by atoms with van der Waals surface area (Å²) in [5.41, 5.74) is 8.31. The summed E-state index contributed by atoms with van der Waals surface area (Å²) in [6, 6.07) is 8.09. The van der Waals surface area contributed by atoms with Gasteiger partial charge in [-0.25, -0.2) is 0 Å². The molecule has 1 rings (SSSR count). The highest BCUT2D eigenvalue weighted by Crippen LogP contribution is 2.20. The van der Waals surface area contributed by atoms with E-state index in [1.54, 1.807) is 0 Å². The van der Waals surface area contributed by atoms with Crippen LogP contribution in [-0.2, 0) is 4.79 Å². The molecular weight excluding hydrogens is 236 g/mol. The van der Waals surface area contributed by atoms with Gasteiger partial charge in [0.25, 0.3) is 0 Å². The van der Waals surface area contributed by atoms with Gasteiger partial charge in [0.15, 0.2) is 0 Å². The second-order valence-corrected chi connectivity index (χ2v) is 6.38. The summed E-state index contributed by atoms with van der Waals surface area (Å²) in [5, 5.41) is 3.00. The van der Waals surface area contributed by atoms with Crippen molar-refractivity contribution in [3.63, 3.8) is 0 Å². The zero-order valence-corrected chi connectivity index (χ0v) is 12.7. The first-order chi connectivity index (χ1) is 8.70. The molecule has 0 saturated carbocycles. The lowest BCUT2D eigenvalue weighted by Crippen LogP contribution is -2.40. The number of benzene rings is 1. The molecule has 0 spiro atoms. The summed E-state index contributed by atoms with van der Waals surface area (Å²) >= 11 is 0. The highest BCUT2D eigenvalue weighted by atomic mass is 16.1. The van der Waals surface area contributed by atoms with Crippen LogP contribution in [0.4, 0.5) is 0 Å². The van der Waals surface area contributed by atoms with E-state index in [2.05, 4.69) is 24.4 Å². The molecule has 3 N–H and O–H groups in total. The summed E-state index contributed by atoms with van der Waals surface area (Å²) in [4.78, 5) is 12.0. The van der Waals surface area contributed by atoms with E-state index in [1.165, 1.54) is 5.56 Å². The third-order valence-corrected chi connectivity index (χ3v) is 3.47. The van der Waals surface area contributed by atoms with Gasteiger partial charge >= 0.3 is 0 Å². The fraction of sp³-hybridized carbons (Fsp3) is 0.562. The minimum absolute atomic E-state index is 0.00972. The molecule has 0 radical (unpaired) electrons. The normalized spacial score (nSPS) is 14.8. The van der Waals surface area contributed by atoms with E-state index >= 15 is 0 Å². The number of aryl methyl sites for hydroxylation is 1. The maximum absolute atomic E-state index is 12.0. The molecule has 106 valence electrons. The third-order valence-electron chi connectivity index (χ3n) is 3.47. The molecule has 0 fully saturated rings. The first-order valence-corrected chi connectivity index (χ1v) is 6.81. The van der Waals surface area contributed by atoms with Crippen LogP contribution in [0, 0.1) is 12.3 Å². The Bertz CT molecular complexity index is 417. The molecule has 19 heavy (non-hydrogen) atoms. The quantitative estimate of drug-likeness (QED) is 0.876. The van der Waals surface area contributed by atoms with Crippen LogP contribution < -0.4 is 11.1 Å². The number of hydrogen-bond acceptors (Lipinski definition) is 2. The van der Waals surface area contributed by atoms with Crippen LogP contribution >= 0.6 is 0 Å². The summed E-state index contributed by atoms with van der Waals surface area (Å²) in [6.07, 6.45) is 0.361. The topological polar surface area (TPSA) is 55.1 Å². The van der Waals surface area contributed by atoms with E-state index in [4.69, 9.17) is 5.73 Å². The predicted octanol–water partition coefficient (Wildman–Crippen LogP) is 2.94. The summed E-state index contributed by atoms with van der Waals surface area (Å²) < 4.78 is 0. The van der Waals surface area contributed by atoms with Gasteiger partial charge in [0, 0.05) is 12.5 Å². The molecule has 3 nitrogen and oxygen atoms in total. The summed E-state index contributed by atoms with van der Waals surface area (Å²) in [5.74, 6) is 0.00972. The fourth-order valence-corrected chi connectivity index (χ4v) is 1.74. The minimum Gasteiger partial charge on any atom is -0.350 e. The van der Waals surface area contributed by atoms with Crippen LogP contribution in [0.2, 0.25) is 0 Å². The predicted molar refractivity (Wildman–Crippen MR) is 79.8 cm³/mol. The number of hydrogen-bond donors (Lipinski definition) is 2. The standard InChI is InChI=1S/C16H26N2O/c1-11-6-8-13(9-7-11)12(2)18-15(19)10-14(17)16(3,4)5/h6-9,12,14H,10,17H2,1-5H3,(H,18,19)/t12-,14?/m0/s1. The van der Waals surface area contributed by atoms with Crippen LogP contribution in [-0.4, -0.2) is 11.9 Å². The van der Waals surface area contributed by atoms with Crippen molar-refractivity contribution in [2.45, 2.75) is 53.1 Å².